The smallest absolute Gasteiger partial charge is 0.338 e. The lowest BCUT2D eigenvalue weighted by Gasteiger charge is -2.30. The average molecular weight is 391 g/mol. The van der Waals surface area contributed by atoms with E-state index in [4.69, 9.17) is 4.74 Å². The molecule has 0 saturated carbocycles. The highest BCUT2D eigenvalue weighted by molar-refractivity contribution is 6.01. The van der Waals surface area contributed by atoms with Gasteiger partial charge in [-0.05, 0) is 50.7 Å². The Morgan fingerprint density at radius 2 is 1.50 bits per heavy atom. The maximum atomic E-state index is 12.8. The van der Waals surface area contributed by atoms with E-state index in [2.05, 4.69) is 20.8 Å². The van der Waals surface area contributed by atoms with Crippen molar-refractivity contribution in [2.45, 2.75) is 79.8 Å². The van der Waals surface area contributed by atoms with Crippen LogP contribution >= 0.6 is 0 Å². The minimum Gasteiger partial charge on any atom is -0.462 e. The van der Waals surface area contributed by atoms with Crippen LogP contribution < -0.4 is 0 Å². The lowest BCUT2D eigenvalue weighted by atomic mass is 9.76. The van der Waals surface area contributed by atoms with Gasteiger partial charge in [0.2, 0.25) is 0 Å². The van der Waals surface area contributed by atoms with Crippen molar-refractivity contribution < 1.29 is 19.4 Å². The third-order valence-electron chi connectivity index (χ3n) is 4.85. The van der Waals surface area contributed by atoms with Crippen LogP contribution in [0.3, 0.4) is 0 Å². The Morgan fingerprint density at radius 1 is 0.964 bits per heavy atom. The number of ether oxygens (including phenoxy) is 1. The van der Waals surface area contributed by atoms with E-state index in [9.17, 15) is 14.7 Å². The molecule has 1 aromatic rings. The Hall–Kier alpha value is -1.68. The molecule has 158 valence electrons. The first-order valence-electron chi connectivity index (χ1n) is 10.4. The topological polar surface area (TPSA) is 63.6 Å². The molecule has 4 nitrogen and oxygen atoms in total. The molecule has 0 aliphatic rings. The molecule has 1 atom stereocenters. The van der Waals surface area contributed by atoms with E-state index in [0.717, 1.165) is 12.8 Å². The standard InChI is InChI=1S/C24H38O4/c1-17(2)9-8-10-18(3)15-28-22(26)20-13-11-19(12-14-20)21(25)23(4,5)16-24(6,7)27/h11-14,17-18,27H,8-10,15-16H2,1-7H3. The number of ketones is 1. The molecule has 1 N–H and O–H groups in total. The Morgan fingerprint density at radius 3 is 2.00 bits per heavy atom. The first kappa shape index (κ1) is 24.4. The third-order valence-corrected chi connectivity index (χ3v) is 4.85. The number of aliphatic hydroxyl groups is 1. The van der Waals surface area contributed by atoms with Gasteiger partial charge in [0.1, 0.15) is 0 Å². The normalized spacial score (nSPS) is 13.5. The molecule has 0 aliphatic heterocycles. The second-order valence-electron chi connectivity index (χ2n) is 9.81. The van der Waals surface area contributed by atoms with Gasteiger partial charge in [0.05, 0.1) is 17.8 Å². The Labute approximate surface area is 170 Å². The molecule has 0 spiro atoms. The largest absolute Gasteiger partial charge is 0.462 e. The molecule has 0 bridgehead atoms. The van der Waals surface area contributed by atoms with E-state index in [1.165, 1.54) is 6.42 Å². The van der Waals surface area contributed by atoms with Crippen LogP contribution in [-0.4, -0.2) is 29.1 Å². The molecule has 0 aliphatic carbocycles. The van der Waals surface area contributed by atoms with E-state index < -0.39 is 11.0 Å². The average Bonchev–Trinajstić information content (AvgIpc) is 2.56. The molecule has 0 amide bonds. The first-order chi connectivity index (χ1) is 12.8. The van der Waals surface area contributed by atoms with Gasteiger partial charge in [-0.3, -0.25) is 4.79 Å². The summed E-state index contributed by atoms with van der Waals surface area (Å²) in [5, 5.41) is 10.0. The van der Waals surface area contributed by atoms with Crippen molar-refractivity contribution in [3.8, 4) is 0 Å². The molecular formula is C24H38O4. The van der Waals surface area contributed by atoms with E-state index in [0.29, 0.717) is 36.0 Å². The zero-order chi connectivity index (χ0) is 21.5. The van der Waals surface area contributed by atoms with Crippen LogP contribution in [0.5, 0.6) is 0 Å². The number of carbonyl (C=O) groups is 2. The number of Topliss-reactive ketones (excluding diaryl/α,β-unsaturated/α-hetero) is 1. The summed E-state index contributed by atoms with van der Waals surface area (Å²) in [6, 6.07) is 6.60. The summed E-state index contributed by atoms with van der Waals surface area (Å²) in [6.07, 6.45) is 3.75. The van der Waals surface area contributed by atoms with E-state index in [-0.39, 0.29) is 11.8 Å². The van der Waals surface area contributed by atoms with Gasteiger partial charge in [0.25, 0.3) is 0 Å². The van der Waals surface area contributed by atoms with Crippen molar-refractivity contribution in [3.63, 3.8) is 0 Å². The summed E-state index contributed by atoms with van der Waals surface area (Å²) in [6.45, 7) is 14.0. The lowest BCUT2D eigenvalue weighted by molar-refractivity contribution is 0.0295. The van der Waals surface area contributed by atoms with Gasteiger partial charge in [-0.2, -0.15) is 0 Å². The SMILES string of the molecule is CC(C)CCCC(C)COC(=O)c1ccc(C(=O)C(C)(C)CC(C)(C)O)cc1. The number of hydrogen-bond donors (Lipinski definition) is 1. The van der Waals surface area contributed by atoms with Crippen molar-refractivity contribution in [2.75, 3.05) is 6.61 Å². The second-order valence-corrected chi connectivity index (χ2v) is 9.81. The summed E-state index contributed by atoms with van der Waals surface area (Å²) < 4.78 is 5.42. The lowest BCUT2D eigenvalue weighted by Crippen LogP contribution is -2.34. The zero-order valence-electron chi connectivity index (χ0n) is 18.7. The van der Waals surface area contributed by atoms with Crippen molar-refractivity contribution in [3.05, 3.63) is 35.4 Å². The summed E-state index contributed by atoms with van der Waals surface area (Å²) in [4.78, 5) is 25.0. The first-order valence-corrected chi connectivity index (χ1v) is 10.4. The number of rotatable bonds is 11. The number of esters is 1. The van der Waals surface area contributed by atoms with Crippen LogP contribution in [0.15, 0.2) is 24.3 Å². The quantitative estimate of drug-likeness (QED) is 0.390. The molecule has 0 saturated heterocycles. The molecule has 0 radical (unpaired) electrons. The van der Waals surface area contributed by atoms with Gasteiger partial charge in [-0.1, -0.05) is 59.6 Å². The monoisotopic (exact) mass is 390 g/mol. The van der Waals surface area contributed by atoms with Crippen molar-refractivity contribution in [1.82, 2.24) is 0 Å². The van der Waals surface area contributed by atoms with Gasteiger partial charge in [0.15, 0.2) is 5.78 Å². The Balaban J connectivity index is 2.61. The predicted octanol–water partition coefficient (Wildman–Crippen LogP) is 5.68. The summed E-state index contributed by atoms with van der Waals surface area (Å²) in [7, 11) is 0. The second kappa shape index (κ2) is 10.2. The van der Waals surface area contributed by atoms with Crippen LogP contribution in [0, 0.1) is 17.3 Å². The molecule has 4 heteroatoms. The van der Waals surface area contributed by atoms with Crippen LogP contribution in [0.4, 0.5) is 0 Å². The van der Waals surface area contributed by atoms with Crippen LogP contribution in [-0.2, 0) is 4.74 Å². The molecule has 0 heterocycles. The molecule has 1 unspecified atom stereocenters. The van der Waals surface area contributed by atoms with Crippen molar-refractivity contribution in [2.24, 2.45) is 17.3 Å². The zero-order valence-corrected chi connectivity index (χ0v) is 18.7. The fourth-order valence-corrected chi connectivity index (χ4v) is 3.57. The van der Waals surface area contributed by atoms with Crippen LogP contribution in [0.2, 0.25) is 0 Å². The molecular weight excluding hydrogens is 352 g/mol. The highest BCUT2D eigenvalue weighted by atomic mass is 16.5. The molecule has 0 fully saturated rings. The molecule has 1 rings (SSSR count). The third kappa shape index (κ3) is 8.55. The predicted molar refractivity (Wildman–Crippen MR) is 114 cm³/mol. The highest BCUT2D eigenvalue weighted by Crippen LogP contribution is 2.31. The van der Waals surface area contributed by atoms with Crippen LogP contribution in [0.1, 0.15) is 94.9 Å². The summed E-state index contributed by atoms with van der Waals surface area (Å²) in [5.41, 5.74) is -0.625. The summed E-state index contributed by atoms with van der Waals surface area (Å²) >= 11 is 0. The van der Waals surface area contributed by atoms with E-state index in [1.54, 1.807) is 38.1 Å². The van der Waals surface area contributed by atoms with Gasteiger partial charge < -0.3 is 9.84 Å². The van der Waals surface area contributed by atoms with Gasteiger partial charge in [-0.25, -0.2) is 4.79 Å². The van der Waals surface area contributed by atoms with Gasteiger partial charge in [0, 0.05) is 11.0 Å². The van der Waals surface area contributed by atoms with E-state index >= 15 is 0 Å². The minimum atomic E-state index is -0.922. The maximum absolute atomic E-state index is 12.8. The van der Waals surface area contributed by atoms with Crippen molar-refractivity contribution >= 4 is 11.8 Å². The maximum Gasteiger partial charge on any atom is 0.338 e. The van der Waals surface area contributed by atoms with E-state index in [1.807, 2.05) is 13.8 Å². The Kier molecular flexibility index (Phi) is 8.87. The fourth-order valence-electron chi connectivity index (χ4n) is 3.57. The highest BCUT2D eigenvalue weighted by Gasteiger charge is 2.34. The van der Waals surface area contributed by atoms with Gasteiger partial charge >= 0.3 is 5.97 Å². The van der Waals surface area contributed by atoms with Gasteiger partial charge in [-0.15, -0.1) is 0 Å². The van der Waals surface area contributed by atoms with Crippen molar-refractivity contribution in [1.29, 1.82) is 0 Å². The minimum absolute atomic E-state index is 0.0479. The summed E-state index contributed by atoms with van der Waals surface area (Å²) in [5.74, 6) is 0.634. The molecule has 1 aromatic carbocycles. The molecule has 0 aromatic heterocycles. The molecule has 28 heavy (non-hydrogen) atoms. The number of hydrogen-bond acceptors (Lipinski definition) is 4. The van der Waals surface area contributed by atoms with Crippen LogP contribution in [0.25, 0.3) is 0 Å². The fraction of sp³-hybridized carbons (Fsp3) is 0.667. The Bertz CT molecular complexity index is 636. The number of carbonyl (C=O) groups excluding carboxylic acids is 2. The number of benzene rings is 1.